The number of anilines is 2. The predicted octanol–water partition coefficient (Wildman–Crippen LogP) is 6.08. The number of rotatable bonds is 5. The number of nitrogens with two attached hydrogens (primary N) is 1. The molecular formula is C34H37FN8O5. The molecule has 2 amide bonds. The van der Waals surface area contributed by atoms with Crippen molar-refractivity contribution in [1.29, 1.82) is 0 Å². The normalized spacial score (nSPS) is 11.9. The van der Waals surface area contributed by atoms with E-state index in [2.05, 4.69) is 20.1 Å². The van der Waals surface area contributed by atoms with E-state index in [9.17, 15) is 14.4 Å². The van der Waals surface area contributed by atoms with Crippen LogP contribution in [0.1, 0.15) is 58.6 Å². The van der Waals surface area contributed by atoms with Crippen molar-refractivity contribution < 1.29 is 23.5 Å². The maximum Gasteiger partial charge on any atom is 0.425 e. The van der Waals surface area contributed by atoms with Crippen molar-refractivity contribution >= 4 is 29.6 Å². The van der Waals surface area contributed by atoms with Gasteiger partial charge < -0.3 is 15.2 Å². The summed E-state index contributed by atoms with van der Waals surface area (Å²) in [5.41, 5.74) is 8.06. The summed E-state index contributed by atoms with van der Waals surface area (Å²) >= 11 is 0. The second-order valence-electron chi connectivity index (χ2n) is 13.2. The number of nitrogens with zero attached hydrogens (tertiary/aromatic N) is 7. The summed E-state index contributed by atoms with van der Waals surface area (Å²) in [5, 5.41) is 4.65. The molecule has 0 aliphatic carbocycles. The molecule has 5 rings (SSSR count). The Morgan fingerprint density at radius 1 is 0.854 bits per heavy atom. The van der Waals surface area contributed by atoms with Crippen molar-refractivity contribution in [3.8, 4) is 22.4 Å². The SMILES string of the molecule is Cc1cc(-c2c(-c3ccccc3)nc(N)n3c(=O)n(Cc4ccc(F)c(N(C(=O)OC(C)(C)C)C(=O)OC(C)(C)C)n4)nc23)cc(C)n1. The Morgan fingerprint density at radius 2 is 1.44 bits per heavy atom. The molecule has 5 aromatic rings. The number of carbonyl (C=O) groups is 2. The van der Waals surface area contributed by atoms with Crippen LogP contribution in [0.15, 0.2) is 59.4 Å². The highest BCUT2D eigenvalue weighted by Crippen LogP contribution is 2.35. The topological polar surface area (TPSA) is 160 Å². The molecule has 2 N–H and O–H groups in total. The molecule has 0 saturated heterocycles. The van der Waals surface area contributed by atoms with Crippen LogP contribution < -0.4 is 16.3 Å². The van der Waals surface area contributed by atoms with Gasteiger partial charge in [0.15, 0.2) is 17.3 Å². The average Bonchev–Trinajstić information content (AvgIpc) is 3.28. The van der Waals surface area contributed by atoms with Crippen LogP contribution in [0.3, 0.4) is 0 Å². The molecule has 13 nitrogen and oxygen atoms in total. The predicted molar refractivity (Wildman–Crippen MR) is 178 cm³/mol. The van der Waals surface area contributed by atoms with Gasteiger partial charge in [-0.15, -0.1) is 5.10 Å². The Morgan fingerprint density at radius 3 is 2.00 bits per heavy atom. The molecule has 0 spiro atoms. The summed E-state index contributed by atoms with van der Waals surface area (Å²) in [4.78, 5) is 53.9. The first-order chi connectivity index (χ1) is 22.4. The average molecular weight is 657 g/mol. The Balaban J connectivity index is 1.66. The number of aromatic nitrogens is 6. The van der Waals surface area contributed by atoms with Crippen molar-refractivity contribution in [2.45, 2.75) is 73.1 Å². The third kappa shape index (κ3) is 7.17. The molecule has 0 unspecified atom stereocenters. The largest absolute Gasteiger partial charge is 0.443 e. The minimum atomic E-state index is -1.19. The van der Waals surface area contributed by atoms with Gasteiger partial charge in [0.2, 0.25) is 5.95 Å². The Hall–Kier alpha value is -5.66. The van der Waals surface area contributed by atoms with E-state index in [4.69, 9.17) is 15.2 Å². The van der Waals surface area contributed by atoms with Gasteiger partial charge in [-0.05, 0) is 85.2 Å². The third-order valence-corrected chi connectivity index (χ3v) is 6.73. The van der Waals surface area contributed by atoms with Gasteiger partial charge in [0, 0.05) is 17.0 Å². The van der Waals surface area contributed by atoms with Crippen molar-refractivity contribution in [3.63, 3.8) is 0 Å². The Bertz CT molecular complexity index is 2050. The number of nitrogen functional groups attached to an aromatic ring is 1. The van der Waals surface area contributed by atoms with Gasteiger partial charge in [-0.25, -0.2) is 37.8 Å². The molecule has 0 bridgehead atoms. The number of amides is 2. The smallest absolute Gasteiger partial charge is 0.425 e. The molecule has 0 saturated carbocycles. The van der Waals surface area contributed by atoms with Gasteiger partial charge >= 0.3 is 17.9 Å². The summed E-state index contributed by atoms with van der Waals surface area (Å²) in [5.74, 6) is -1.76. The van der Waals surface area contributed by atoms with Gasteiger partial charge in [0.1, 0.15) is 11.2 Å². The maximum absolute atomic E-state index is 15.3. The minimum Gasteiger partial charge on any atom is -0.443 e. The zero-order valence-corrected chi connectivity index (χ0v) is 28.0. The number of hydrogen-bond acceptors (Lipinski definition) is 10. The van der Waals surface area contributed by atoms with E-state index in [0.717, 1.165) is 33.3 Å². The lowest BCUT2D eigenvalue weighted by molar-refractivity contribution is 0.0427. The number of fused-ring (bicyclic) bond motifs is 1. The van der Waals surface area contributed by atoms with Crippen molar-refractivity contribution in [1.82, 2.24) is 29.1 Å². The number of imide groups is 1. The lowest BCUT2D eigenvalue weighted by Crippen LogP contribution is -2.44. The van der Waals surface area contributed by atoms with Gasteiger partial charge in [0.25, 0.3) is 0 Å². The second kappa shape index (κ2) is 12.5. The van der Waals surface area contributed by atoms with E-state index in [0.29, 0.717) is 16.2 Å². The number of pyridine rings is 2. The summed E-state index contributed by atoms with van der Waals surface area (Å²) in [6, 6.07) is 15.4. The molecule has 0 radical (unpaired) electrons. The van der Waals surface area contributed by atoms with E-state index in [-0.39, 0.29) is 23.8 Å². The number of halogens is 1. The molecule has 0 atom stereocenters. The Kier molecular flexibility index (Phi) is 8.78. The molecule has 1 aromatic carbocycles. The molecule has 4 aromatic heterocycles. The molecule has 0 aliphatic heterocycles. The monoisotopic (exact) mass is 656 g/mol. The van der Waals surface area contributed by atoms with Crippen molar-refractivity contribution in [3.05, 3.63) is 88.0 Å². The minimum absolute atomic E-state index is 0.0971. The highest BCUT2D eigenvalue weighted by atomic mass is 19.1. The van der Waals surface area contributed by atoms with Gasteiger partial charge in [-0.2, -0.15) is 4.90 Å². The lowest BCUT2D eigenvalue weighted by Gasteiger charge is -2.28. The van der Waals surface area contributed by atoms with Crippen LogP contribution in [-0.2, 0) is 16.0 Å². The highest BCUT2D eigenvalue weighted by molar-refractivity contribution is 6.08. The first-order valence-electron chi connectivity index (χ1n) is 15.1. The molecular weight excluding hydrogens is 619 g/mol. The number of aryl methyl sites for hydroxylation is 2. The molecule has 250 valence electrons. The van der Waals surface area contributed by atoms with Crippen LogP contribution in [0.2, 0.25) is 0 Å². The number of benzene rings is 1. The zero-order valence-electron chi connectivity index (χ0n) is 28.0. The van der Waals surface area contributed by atoms with E-state index in [1.54, 1.807) is 41.5 Å². The van der Waals surface area contributed by atoms with Crippen LogP contribution in [0.25, 0.3) is 28.0 Å². The molecule has 0 aliphatic rings. The summed E-state index contributed by atoms with van der Waals surface area (Å²) in [7, 11) is 0. The van der Waals surface area contributed by atoms with Crippen LogP contribution in [0.4, 0.5) is 25.7 Å². The van der Waals surface area contributed by atoms with Crippen LogP contribution in [0.5, 0.6) is 0 Å². The van der Waals surface area contributed by atoms with Gasteiger partial charge in [-0.1, -0.05) is 30.3 Å². The van der Waals surface area contributed by atoms with Gasteiger partial charge in [0.05, 0.1) is 23.5 Å². The Labute approximate surface area is 276 Å². The fourth-order valence-corrected chi connectivity index (χ4v) is 4.99. The third-order valence-electron chi connectivity index (χ3n) is 6.73. The fraction of sp³-hybridized carbons (Fsp3) is 0.324. The quantitative estimate of drug-likeness (QED) is 0.235. The van der Waals surface area contributed by atoms with E-state index < -0.39 is 40.7 Å². The number of carbonyl (C=O) groups excluding carboxylic acids is 2. The first kappa shape index (κ1) is 33.7. The van der Waals surface area contributed by atoms with Crippen LogP contribution >= 0.6 is 0 Å². The van der Waals surface area contributed by atoms with Crippen LogP contribution in [0, 0.1) is 19.7 Å². The summed E-state index contributed by atoms with van der Waals surface area (Å²) in [6.45, 7) is 13.0. The zero-order chi connectivity index (χ0) is 35.1. The van der Waals surface area contributed by atoms with E-state index in [1.807, 2.05) is 56.3 Å². The standard InChI is InChI=1S/C34H37FN8O5/c1-19-16-22(17-20(2)37-19)25-26(21-12-10-9-11-13-21)39-29(36)42-28(25)40-41(30(42)44)18-23-14-15-24(35)27(38-23)43(31(45)47-33(3,4)5)32(46)48-34(6,7)8/h9-17H,18H2,1-8H3,(H2,36,39). The van der Waals surface area contributed by atoms with E-state index >= 15 is 4.39 Å². The molecule has 4 heterocycles. The second-order valence-corrected chi connectivity index (χ2v) is 13.2. The number of ether oxygens (including phenoxy) is 2. The maximum atomic E-state index is 15.3. The summed E-state index contributed by atoms with van der Waals surface area (Å²) < 4.78 is 28.4. The van der Waals surface area contributed by atoms with Gasteiger partial charge in [-0.3, -0.25) is 4.98 Å². The van der Waals surface area contributed by atoms with E-state index in [1.165, 1.54) is 10.5 Å². The van der Waals surface area contributed by atoms with Crippen molar-refractivity contribution in [2.24, 2.45) is 0 Å². The first-order valence-corrected chi connectivity index (χ1v) is 15.1. The molecule has 14 heteroatoms. The van der Waals surface area contributed by atoms with Crippen LogP contribution in [-0.4, -0.2) is 52.5 Å². The van der Waals surface area contributed by atoms with Crippen molar-refractivity contribution in [2.75, 3.05) is 10.6 Å². The lowest BCUT2D eigenvalue weighted by atomic mass is 9.99. The number of hydrogen-bond donors (Lipinski definition) is 1. The molecule has 48 heavy (non-hydrogen) atoms. The fourth-order valence-electron chi connectivity index (χ4n) is 4.99. The highest BCUT2D eigenvalue weighted by Gasteiger charge is 2.35. The summed E-state index contributed by atoms with van der Waals surface area (Å²) in [6.07, 6.45) is -2.38. The molecule has 0 fully saturated rings.